The van der Waals surface area contributed by atoms with Gasteiger partial charge in [-0.2, -0.15) is 17.5 Å². The third kappa shape index (κ3) is 4.13. The lowest BCUT2D eigenvalue weighted by molar-refractivity contribution is -0.137. The first kappa shape index (κ1) is 18.6. The number of benzene rings is 1. The molecule has 1 unspecified atom stereocenters. The molecule has 3 rings (SSSR count). The molecule has 1 atom stereocenters. The molecular weight excluding hydrogens is 371 g/mol. The van der Waals surface area contributed by atoms with E-state index in [1.807, 2.05) is 0 Å². The summed E-state index contributed by atoms with van der Waals surface area (Å²) in [6.07, 6.45) is 0.709. The van der Waals surface area contributed by atoms with E-state index in [0.29, 0.717) is 18.7 Å². The Morgan fingerprint density at radius 1 is 1.15 bits per heavy atom. The van der Waals surface area contributed by atoms with Crippen LogP contribution in [0.3, 0.4) is 0 Å². The van der Waals surface area contributed by atoms with Crippen molar-refractivity contribution >= 4 is 10.0 Å². The van der Waals surface area contributed by atoms with Crippen molar-refractivity contribution in [3.8, 4) is 5.88 Å². The summed E-state index contributed by atoms with van der Waals surface area (Å²) in [6, 6.07) is 3.49. The summed E-state index contributed by atoms with van der Waals surface area (Å²) in [7, 11) is -3.90. The van der Waals surface area contributed by atoms with Crippen molar-refractivity contribution < 1.29 is 26.3 Å². The van der Waals surface area contributed by atoms with Gasteiger partial charge in [0.05, 0.1) is 23.2 Å². The van der Waals surface area contributed by atoms with E-state index < -0.39 is 27.9 Å². The average Bonchev–Trinajstić information content (AvgIpc) is 2.62. The topological polar surface area (TPSA) is 72.4 Å². The number of alkyl halides is 3. The molecule has 6 nitrogen and oxygen atoms in total. The molecule has 1 fully saturated rings. The zero-order valence-electron chi connectivity index (χ0n) is 13.6. The molecule has 1 aromatic heterocycles. The van der Waals surface area contributed by atoms with Crippen LogP contribution < -0.4 is 4.74 Å². The maximum Gasteiger partial charge on any atom is 0.416 e. The molecule has 1 saturated heterocycles. The van der Waals surface area contributed by atoms with E-state index in [9.17, 15) is 21.6 Å². The van der Waals surface area contributed by atoms with Crippen LogP contribution in [0.1, 0.15) is 18.4 Å². The van der Waals surface area contributed by atoms with Gasteiger partial charge in [0.2, 0.25) is 15.9 Å². The molecule has 0 aliphatic carbocycles. The van der Waals surface area contributed by atoms with E-state index in [2.05, 4.69) is 9.97 Å². The summed E-state index contributed by atoms with van der Waals surface area (Å²) >= 11 is 0. The highest BCUT2D eigenvalue weighted by Crippen LogP contribution is 2.30. The number of rotatable bonds is 4. The van der Waals surface area contributed by atoms with Crippen molar-refractivity contribution in [2.24, 2.45) is 0 Å². The lowest BCUT2D eigenvalue weighted by Gasteiger charge is -2.31. The van der Waals surface area contributed by atoms with Gasteiger partial charge in [0.1, 0.15) is 6.10 Å². The van der Waals surface area contributed by atoms with E-state index in [4.69, 9.17) is 4.74 Å². The highest BCUT2D eigenvalue weighted by molar-refractivity contribution is 7.89. The molecule has 0 saturated carbocycles. The number of aromatic nitrogens is 2. The first-order chi connectivity index (χ1) is 12.3. The van der Waals surface area contributed by atoms with Gasteiger partial charge in [0.15, 0.2) is 0 Å². The van der Waals surface area contributed by atoms with Gasteiger partial charge in [-0.1, -0.05) is 0 Å². The van der Waals surface area contributed by atoms with Gasteiger partial charge in [-0.05, 0) is 37.1 Å². The number of hydrogen-bond donors (Lipinski definition) is 0. The summed E-state index contributed by atoms with van der Waals surface area (Å²) < 4.78 is 70.2. The smallest absolute Gasteiger partial charge is 0.416 e. The van der Waals surface area contributed by atoms with Crippen molar-refractivity contribution in [1.29, 1.82) is 0 Å². The number of ether oxygens (including phenoxy) is 1. The summed E-state index contributed by atoms with van der Waals surface area (Å²) in [5, 5.41) is 0. The van der Waals surface area contributed by atoms with Gasteiger partial charge < -0.3 is 4.74 Å². The molecule has 0 radical (unpaired) electrons. The van der Waals surface area contributed by atoms with Gasteiger partial charge in [-0.25, -0.2) is 13.4 Å². The average molecular weight is 387 g/mol. The van der Waals surface area contributed by atoms with Crippen molar-refractivity contribution in [2.75, 3.05) is 13.1 Å². The maximum atomic E-state index is 12.7. The second-order valence-corrected chi connectivity index (χ2v) is 7.75. The van der Waals surface area contributed by atoms with Gasteiger partial charge in [0, 0.05) is 18.9 Å². The largest absolute Gasteiger partial charge is 0.472 e. The van der Waals surface area contributed by atoms with E-state index in [1.54, 1.807) is 0 Å². The van der Waals surface area contributed by atoms with Gasteiger partial charge in [0.25, 0.3) is 0 Å². The highest BCUT2D eigenvalue weighted by atomic mass is 32.2. The highest BCUT2D eigenvalue weighted by Gasteiger charge is 2.33. The fourth-order valence-corrected chi connectivity index (χ4v) is 4.21. The van der Waals surface area contributed by atoms with Crippen LogP contribution in [-0.2, 0) is 16.2 Å². The van der Waals surface area contributed by atoms with Crippen LogP contribution in [0.25, 0.3) is 0 Å². The molecular formula is C16H16F3N3O3S. The van der Waals surface area contributed by atoms with Crippen LogP contribution in [0.15, 0.2) is 47.8 Å². The number of nitrogens with zero attached hydrogens (tertiary/aromatic N) is 3. The zero-order chi connectivity index (χ0) is 18.8. The molecule has 140 valence electrons. The Hall–Kier alpha value is -2.20. The Balaban J connectivity index is 1.74. The van der Waals surface area contributed by atoms with E-state index in [-0.39, 0.29) is 18.0 Å². The molecule has 2 heterocycles. The molecule has 1 aromatic carbocycles. The Morgan fingerprint density at radius 2 is 1.88 bits per heavy atom. The summed E-state index contributed by atoms with van der Waals surface area (Å²) in [4.78, 5) is 7.70. The van der Waals surface area contributed by atoms with Crippen molar-refractivity contribution in [2.45, 2.75) is 30.0 Å². The minimum Gasteiger partial charge on any atom is -0.472 e. The first-order valence-corrected chi connectivity index (χ1v) is 9.31. The normalized spacial score (nSPS) is 19.3. The summed E-state index contributed by atoms with van der Waals surface area (Å²) in [5.41, 5.74) is -0.890. The van der Waals surface area contributed by atoms with Gasteiger partial charge in [-0.15, -0.1) is 0 Å². The zero-order valence-corrected chi connectivity index (χ0v) is 14.4. The lowest BCUT2D eigenvalue weighted by Crippen LogP contribution is -2.44. The number of sulfonamides is 1. The van der Waals surface area contributed by atoms with E-state index in [1.165, 1.54) is 22.9 Å². The van der Waals surface area contributed by atoms with Crippen LogP contribution in [0.4, 0.5) is 13.2 Å². The minimum atomic E-state index is -4.51. The molecule has 1 aliphatic heterocycles. The molecule has 10 heteroatoms. The summed E-state index contributed by atoms with van der Waals surface area (Å²) in [6.45, 7) is 0.379. The molecule has 1 aliphatic rings. The fraction of sp³-hybridized carbons (Fsp3) is 0.375. The predicted octanol–water partition coefficient (Wildman–Crippen LogP) is 2.73. The molecule has 2 aromatic rings. The third-order valence-corrected chi connectivity index (χ3v) is 5.87. The summed E-state index contributed by atoms with van der Waals surface area (Å²) in [5.74, 6) is 0.297. The van der Waals surface area contributed by atoms with Gasteiger partial charge in [-0.3, -0.25) is 4.98 Å². The van der Waals surface area contributed by atoms with Crippen LogP contribution in [0.5, 0.6) is 5.88 Å². The second-order valence-electron chi connectivity index (χ2n) is 5.81. The third-order valence-electron chi connectivity index (χ3n) is 3.99. The van der Waals surface area contributed by atoms with Gasteiger partial charge >= 0.3 is 6.18 Å². The number of halogens is 3. The van der Waals surface area contributed by atoms with Crippen LogP contribution >= 0.6 is 0 Å². The Bertz CT molecular complexity index is 843. The minimum absolute atomic E-state index is 0.0972. The Kier molecular flexibility index (Phi) is 5.15. The van der Waals surface area contributed by atoms with Crippen LogP contribution in [0.2, 0.25) is 0 Å². The molecule has 0 N–H and O–H groups in total. The molecule has 0 amide bonds. The monoisotopic (exact) mass is 387 g/mol. The first-order valence-electron chi connectivity index (χ1n) is 7.87. The molecule has 0 bridgehead atoms. The fourth-order valence-electron chi connectivity index (χ4n) is 2.70. The van der Waals surface area contributed by atoms with Crippen molar-refractivity contribution in [3.63, 3.8) is 0 Å². The SMILES string of the molecule is O=S(=O)(c1ccc(C(F)(F)F)cc1)N1CCCC(Oc2cnccn2)C1. The van der Waals surface area contributed by atoms with Crippen LogP contribution in [-0.4, -0.2) is 41.9 Å². The van der Waals surface area contributed by atoms with Crippen molar-refractivity contribution in [1.82, 2.24) is 14.3 Å². The molecule has 26 heavy (non-hydrogen) atoms. The van der Waals surface area contributed by atoms with E-state index in [0.717, 1.165) is 24.3 Å². The quantitative estimate of drug-likeness (QED) is 0.807. The van der Waals surface area contributed by atoms with Crippen molar-refractivity contribution in [3.05, 3.63) is 48.4 Å². The van der Waals surface area contributed by atoms with E-state index >= 15 is 0 Å². The Morgan fingerprint density at radius 3 is 2.50 bits per heavy atom. The Labute approximate surface area is 148 Å². The number of piperidine rings is 1. The maximum absolute atomic E-state index is 12.7. The molecule has 0 spiro atoms. The lowest BCUT2D eigenvalue weighted by atomic mass is 10.1. The standard InChI is InChI=1S/C16H16F3N3O3S/c17-16(18,19)12-3-5-14(6-4-12)26(23,24)22-9-1-2-13(11-22)25-15-10-20-7-8-21-15/h3-8,10,13H,1-2,9,11H2. The number of hydrogen-bond acceptors (Lipinski definition) is 5. The second kappa shape index (κ2) is 7.20. The van der Waals surface area contributed by atoms with Crippen LogP contribution in [0, 0.1) is 0 Å². The predicted molar refractivity (Wildman–Crippen MR) is 85.9 cm³/mol.